The van der Waals surface area contributed by atoms with Gasteiger partial charge in [0.2, 0.25) is 0 Å². The number of epoxide rings is 3. The standard InChI is InChI=1S/C17H24O7/c18-15(23-9-12-7-21-12)14-3-1-2-4-17(14,5-11-6-20-11)16(19)24-10-13-8-22-13/h11-14H,1-10H2. The topological polar surface area (TPSA) is 90.2 Å². The van der Waals surface area contributed by atoms with Crippen molar-refractivity contribution in [3.05, 3.63) is 0 Å². The first-order valence-electron chi connectivity index (χ1n) is 8.86. The Hall–Kier alpha value is -1.18. The second kappa shape index (κ2) is 6.61. The van der Waals surface area contributed by atoms with Crippen molar-refractivity contribution in [3.63, 3.8) is 0 Å². The predicted molar refractivity (Wildman–Crippen MR) is 80.1 cm³/mol. The summed E-state index contributed by atoms with van der Waals surface area (Å²) in [6.07, 6.45) is 3.78. The molecule has 5 atom stereocenters. The number of hydrogen-bond acceptors (Lipinski definition) is 7. The lowest BCUT2D eigenvalue weighted by Gasteiger charge is -2.40. The first-order valence-corrected chi connectivity index (χ1v) is 8.86. The van der Waals surface area contributed by atoms with Crippen LogP contribution in [-0.4, -0.2) is 63.3 Å². The Labute approximate surface area is 140 Å². The molecule has 3 heterocycles. The van der Waals surface area contributed by atoms with Gasteiger partial charge in [0.05, 0.1) is 37.3 Å². The maximum atomic E-state index is 12.9. The van der Waals surface area contributed by atoms with E-state index in [1.54, 1.807) is 0 Å². The lowest BCUT2D eigenvalue weighted by Crippen LogP contribution is -2.47. The van der Waals surface area contributed by atoms with Crippen LogP contribution in [0, 0.1) is 11.3 Å². The average molecular weight is 340 g/mol. The molecule has 0 spiro atoms. The summed E-state index contributed by atoms with van der Waals surface area (Å²) >= 11 is 0. The molecule has 7 nitrogen and oxygen atoms in total. The van der Waals surface area contributed by atoms with Crippen molar-refractivity contribution in [2.45, 2.75) is 50.4 Å². The molecule has 134 valence electrons. The van der Waals surface area contributed by atoms with Gasteiger partial charge in [-0.15, -0.1) is 0 Å². The molecule has 0 aromatic carbocycles. The average Bonchev–Trinajstić information content (AvgIpc) is 3.45. The van der Waals surface area contributed by atoms with Crippen LogP contribution in [0.4, 0.5) is 0 Å². The van der Waals surface area contributed by atoms with E-state index < -0.39 is 11.3 Å². The third-order valence-corrected chi connectivity index (χ3v) is 5.33. The maximum Gasteiger partial charge on any atom is 0.313 e. The van der Waals surface area contributed by atoms with E-state index in [9.17, 15) is 9.59 Å². The summed E-state index contributed by atoms with van der Waals surface area (Å²) in [4.78, 5) is 25.6. The van der Waals surface area contributed by atoms with Crippen LogP contribution in [0.1, 0.15) is 32.1 Å². The van der Waals surface area contributed by atoms with Gasteiger partial charge in [-0.25, -0.2) is 0 Å². The number of carbonyl (C=O) groups is 2. The first-order chi connectivity index (χ1) is 11.7. The number of ether oxygens (including phenoxy) is 5. The van der Waals surface area contributed by atoms with E-state index in [0.29, 0.717) is 39.1 Å². The largest absolute Gasteiger partial charge is 0.463 e. The first kappa shape index (κ1) is 16.3. The summed E-state index contributed by atoms with van der Waals surface area (Å²) in [6, 6.07) is 0. The molecule has 0 amide bonds. The molecule has 3 saturated heterocycles. The third kappa shape index (κ3) is 3.73. The highest BCUT2D eigenvalue weighted by atomic mass is 16.6. The molecule has 4 aliphatic rings. The van der Waals surface area contributed by atoms with Crippen molar-refractivity contribution < 1.29 is 33.3 Å². The maximum absolute atomic E-state index is 12.9. The summed E-state index contributed by atoms with van der Waals surface area (Å²) in [5.41, 5.74) is -0.824. The number of esters is 2. The SMILES string of the molecule is O=C(OCC1CO1)C1CCCCC1(CC1CO1)C(=O)OCC1CO1. The minimum Gasteiger partial charge on any atom is -0.463 e. The van der Waals surface area contributed by atoms with Crippen LogP contribution in [0.5, 0.6) is 0 Å². The van der Waals surface area contributed by atoms with Crippen molar-refractivity contribution in [2.24, 2.45) is 11.3 Å². The van der Waals surface area contributed by atoms with E-state index in [4.69, 9.17) is 23.7 Å². The lowest BCUT2D eigenvalue weighted by molar-refractivity contribution is -0.175. The van der Waals surface area contributed by atoms with Crippen LogP contribution in [0.2, 0.25) is 0 Å². The van der Waals surface area contributed by atoms with Gasteiger partial charge in [0.1, 0.15) is 25.4 Å². The van der Waals surface area contributed by atoms with Crippen LogP contribution in [0.25, 0.3) is 0 Å². The van der Waals surface area contributed by atoms with Gasteiger partial charge in [-0.1, -0.05) is 12.8 Å². The van der Waals surface area contributed by atoms with Gasteiger partial charge in [0.15, 0.2) is 0 Å². The lowest BCUT2D eigenvalue weighted by atomic mass is 9.63. The summed E-state index contributed by atoms with van der Waals surface area (Å²) in [6.45, 7) is 2.47. The second-order valence-corrected chi connectivity index (χ2v) is 7.25. The highest BCUT2D eigenvalue weighted by Gasteiger charge is 2.55. The van der Waals surface area contributed by atoms with Crippen LogP contribution in [-0.2, 0) is 33.3 Å². The highest BCUT2D eigenvalue weighted by molar-refractivity contribution is 5.86. The molecule has 24 heavy (non-hydrogen) atoms. The van der Waals surface area contributed by atoms with Gasteiger partial charge < -0.3 is 23.7 Å². The zero-order valence-corrected chi connectivity index (χ0v) is 13.7. The zero-order chi connectivity index (χ0) is 16.6. The molecular formula is C17H24O7. The minimum absolute atomic E-state index is 0.0178. The molecule has 7 heteroatoms. The molecule has 4 fully saturated rings. The van der Waals surface area contributed by atoms with Gasteiger partial charge in [-0.2, -0.15) is 0 Å². The Morgan fingerprint density at radius 1 is 0.917 bits per heavy atom. The molecule has 3 aliphatic heterocycles. The summed E-state index contributed by atoms with van der Waals surface area (Å²) < 4.78 is 26.5. The van der Waals surface area contributed by atoms with Crippen molar-refractivity contribution in [1.29, 1.82) is 0 Å². The van der Waals surface area contributed by atoms with E-state index in [1.165, 1.54) is 0 Å². The normalized spacial score (nSPS) is 39.8. The fourth-order valence-electron chi connectivity index (χ4n) is 3.66. The fraction of sp³-hybridized carbons (Fsp3) is 0.882. The monoisotopic (exact) mass is 340 g/mol. The molecule has 0 aromatic rings. The van der Waals surface area contributed by atoms with E-state index in [1.807, 2.05) is 0 Å². The van der Waals surface area contributed by atoms with Crippen LogP contribution >= 0.6 is 0 Å². The molecule has 0 N–H and O–H groups in total. The molecule has 0 radical (unpaired) electrons. The van der Waals surface area contributed by atoms with Gasteiger partial charge in [-0.3, -0.25) is 9.59 Å². The fourth-order valence-corrected chi connectivity index (χ4v) is 3.66. The third-order valence-electron chi connectivity index (χ3n) is 5.33. The molecule has 1 saturated carbocycles. The Kier molecular flexibility index (Phi) is 4.49. The van der Waals surface area contributed by atoms with E-state index in [0.717, 1.165) is 12.8 Å². The quantitative estimate of drug-likeness (QED) is 0.477. The van der Waals surface area contributed by atoms with Gasteiger partial charge >= 0.3 is 11.9 Å². The molecule has 1 aliphatic carbocycles. The Balaban J connectivity index is 1.47. The van der Waals surface area contributed by atoms with Crippen molar-refractivity contribution in [3.8, 4) is 0 Å². The van der Waals surface area contributed by atoms with E-state index in [-0.39, 0.29) is 43.5 Å². The Morgan fingerprint density at radius 3 is 2.17 bits per heavy atom. The van der Waals surface area contributed by atoms with Crippen molar-refractivity contribution in [1.82, 2.24) is 0 Å². The van der Waals surface area contributed by atoms with Crippen LogP contribution in [0.3, 0.4) is 0 Å². The van der Waals surface area contributed by atoms with E-state index in [2.05, 4.69) is 0 Å². The highest BCUT2D eigenvalue weighted by Crippen LogP contribution is 2.48. The second-order valence-electron chi connectivity index (χ2n) is 7.25. The summed E-state index contributed by atoms with van der Waals surface area (Å²) in [7, 11) is 0. The molecular weight excluding hydrogens is 316 g/mol. The Bertz CT molecular complexity index is 495. The van der Waals surface area contributed by atoms with E-state index >= 15 is 0 Å². The molecule has 0 bridgehead atoms. The molecule has 5 unspecified atom stereocenters. The number of carbonyl (C=O) groups excluding carboxylic acids is 2. The van der Waals surface area contributed by atoms with Gasteiger partial charge in [0.25, 0.3) is 0 Å². The smallest absolute Gasteiger partial charge is 0.313 e. The summed E-state index contributed by atoms with van der Waals surface area (Å²) in [5, 5.41) is 0. The van der Waals surface area contributed by atoms with Crippen LogP contribution in [0.15, 0.2) is 0 Å². The van der Waals surface area contributed by atoms with Crippen molar-refractivity contribution in [2.75, 3.05) is 33.0 Å². The van der Waals surface area contributed by atoms with Crippen molar-refractivity contribution >= 4 is 11.9 Å². The molecule has 4 rings (SSSR count). The Morgan fingerprint density at radius 2 is 1.54 bits per heavy atom. The van der Waals surface area contributed by atoms with Gasteiger partial charge in [0, 0.05) is 0 Å². The number of rotatable bonds is 8. The minimum atomic E-state index is -0.824. The van der Waals surface area contributed by atoms with Crippen LogP contribution < -0.4 is 0 Å². The number of hydrogen-bond donors (Lipinski definition) is 0. The predicted octanol–water partition coefficient (Wildman–Crippen LogP) is 0.836. The molecule has 0 aromatic heterocycles. The zero-order valence-electron chi connectivity index (χ0n) is 13.7. The summed E-state index contributed by atoms with van der Waals surface area (Å²) in [5.74, 6) is -1.05. The van der Waals surface area contributed by atoms with Gasteiger partial charge in [-0.05, 0) is 19.3 Å².